The number of ether oxygens (including phenoxy) is 3. The van der Waals surface area contributed by atoms with Crippen molar-refractivity contribution in [1.82, 2.24) is 5.32 Å². The predicted octanol–water partition coefficient (Wildman–Crippen LogP) is 2.24. The van der Waals surface area contributed by atoms with Crippen LogP contribution in [0, 0.1) is 11.3 Å². The van der Waals surface area contributed by atoms with Gasteiger partial charge in [0, 0.05) is 24.7 Å². The van der Waals surface area contributed by atoms with Gasteiger partial charge in [-0.15, -0.1) is 0 Å². The molecule has 1 N–H and O–H groups in total. The summed E-state index contributed by atoms with van der Waals surface area (Å²) in [4.78, 5) is 12.0. The van der Waals surface area contributed by atoms with Crippen LogP contribution in [-0.4, -0.2) is 33.0 Å². The van der Waals surface area contributed by atoms with E-state index in [0.29, 0.717) is 36.6 Å². The summed E-state index contributed by atoms with van der Waals surface area (Å²) in [6, 6.07) is 5.38. The second-order valence-electron chi connectivity index (χ2n) is 4.50. The number of carbonyl (C=O) groups excluding carboxylic acids is 1. The average molecular weight is 367 g/mol. The number of nitrogens with one attached hydrogen (secondary N) is 1. The Kier molecular flexibility index (Phi) is 5.81. The molecular formula is C15H15BrN2O4. The first-order chi connectivity index (χ1) is 10.7. The maximum Gasteiger partial charge on any atom is 0.261 e. The minimum Gasteiger partial charge on any atom is -0.454 e. The van der Waals surface area contributed by atoms with Crippen molar-refractivity contribution in [2.45, 2.75) is 6.42 Å². The predicted molar refractivity (Wildman–Crippen MR) is 83.4 cm³/mol. The van der Waals surface area contributed by atoms with E-state index in [4.69, 9.17) is 19.5 Å². The van der Waals surface area contributed by atoms with Gasteiger partial charge >= 0.3 is 0 Å². The van der Waals surface area contributed by atoms with E-state index in [1.165, 1.54) is 6.08 Å². The maximum absolute atomic E-state index is 12.0. The zero-order valence-corrected chi connectivity index (χ0v) is 13.6. The SMILES string of the molecule is COCCCNC(=O)/C(C#N)=C/c1cc2c(cc1Br)OCO2. The van der Waals surface area contributed by atoms with Crippen LogP contribution in [0.1, 0.15) is 12.0 Å². The molecule has 1 amide bonds. The number of benzene rings is 1. The lowest BCUT2D eigenvalue weighted by molar-refractivity contribution is -0.117. The van der Waals surface area contributed by atoms with Crippen molar-refractivity contribution in [2.75, 3.05) is 27.1 Å². The van der Waals surface area contributed by atoms with Gasteiger partial charge in [-0.2, -0.15) is 5.26 Å². The van der Waals surface area contributed by atoms with E-state index in [2.05, 4.69) is 21.2 Å². The van der Waals surface area contributed by atoms with E-state index >= 15 is 0 Å². The molecule has 0 saturated carbocycles. The second kappa shape index (κ2) is 7.82. The largest absolute Gasteiger partial charge is 0.454 e. The number of rotatable bonds is 6. The van der Waals surface area contributed by atoms with Crippen molar-refractivity contribution in [3.8, 4) is 17.6 Å². The minimum atomic E-state index is -0.414. The van der Waals surface area contributed by atoms with Gasteiger partial charge in [0.25, 0.3) is 5.91 Å². The number of halogens is 1. The molecule has 2 rings (SSSR count). The van der Waals surface area contributed by atoms with Crippen LogP contribution in [0.3, 0.4) is 0 Å². The van der Waals surface area contributed by atoms with Gasteiger partial charge in [-0.1, -0.05) is 15.9 Å². The molecule has 0 fully saturated rings. The van der Waals surface area contributed by atoms with Crippen LogP contribution < -0.4 is 14.8 Å². The van der Waals surface area contributed by atoms with E-state index < -0.39 is 5.91 Å². The molecule has 116 valence electrons. The third kappa shape index (κ3) is 4.00. The van der Waals surface area contributed by atoms with E-state index in [1.807, 2.05) is 6.07 Å². The zero-order valence-electron chi connectivity index (χ0n) is 12.0. The van der Waals surface area contributed by atoms with Crippen LogP contribution in [0.2, 0.25) is 0 Å². The third-order valence-electron chi connectivity index (χ3n) is 2.97. The first-order valence-electron chi connectivity index (χ1n) is 6.63. The van der Waals surface area contributed by atoms with Crippen molar-refractivity contribution >= 4 is 27.9 Å². The van der Waals surface area contributed by atoms with Crippen molar-refractivity contribution < 1.29 is 19.0 Å². The van der Waals surface area contributed by atoms with Crippen LogP contribution in [0.5, 0.6) is 11.5 Å². The minimum absolute atomic E-state index is 0.0250. The number of fused-ring (bicyclic) bond motifs is 1. The Hall–Kier alpha value is -2.04. The zero-order chi connectivity index (χ0) is 15.9. The van der Waals surface area contributed by atoms with E-state index in [1.54, 1.807) is 19.2 Å². The number of nitrogens with zero attached hydrogens (tertiary/aromatic N) is 1. The summed E-state index contributed by atoms with van der Waals surface area (Å²) in [5.41, 5.74) is 0.699. The molecule has 7 heteroatoms. The normalized spacial score (nSPS) is 12.9. The molecule has 0 radical (unpaired) electrons. The van der Waals surface area contributed by atoms with Crippen LogP contribution >= 0.6 is 15.9 Å². The van der Waals surface area contributed by atoms with Crippen molar-refractivity contribution in [1.29, 1.82) is 5.26 Å². The highest BCUT2D eigenvalue weighted by Crippen LogP contribution is 2.37. The Morgan fingerprint density at radius 1 is 1.50 bits per heavy atom. The molecule has 6 nitrogen and oxygen atoms in total. The summed E-state index contributed by atoms with van der Waals surface area (Å²) in [7, 11) is 1.60. The molecule has 0 bridgehead atoms. The summed E-state index contributed by atoms with van der Waals surface area (Å²) in [5, 5.41) is 11.8. The molecule has 1 aliphatic rings. The molecule has 1 aliphatic heterocycles. The Morgan fingerprint density at radius 3 is 2.91 bits per heavy atom. The van der Waals surface area contributed by atoms with Crippen molar-refractivity contribution in [2.24, 2.45) is 0 Å². The van der Waals surface area contributed by atoms with Gasteiger partial charge in [0.05, 0.1) is 0 Å². The fraction of sp³-hybridized carbons (Fsp3) is 0.333. The lowest BCUT2D eigenvalue weighted by Gasteiger charge is -2.05. The molecule has 0 unspecified atom stereocenters. The summed E-state index contributed by atoms with van der Waals surface area (Å²) in [5.74, 6) is 0.807. The molecule has 0 spiro atoms. The highest BCUT2D eigenvalue weighted by Gasteiger charge is 2.17. The Bertz CT molecular complexity index is 637. The maximum atomic E-state index is 12.0. The van der Waals surface area contributed by atoms with Gasteiger partial charge in [0.2, 0.25) is 6.79 Å². The molecule has 22 heavy (non-hydrogen) atoms. The standard InChI is InChI=1S/C15H15BrN2O4/c1-20-4-2-3-18-15(19)11(8-17)5-10-6-13-14(7-12(10)16)22-9-21-13/h5-7H,2-4,9H2,1H3,(H,18,19)/b11-5+. The van der Waals surface area contributed by atoms with Crippen molar-refractivity contribution in [3.63, 3.8) is 0 Å². The number of nitriles is 1. The quantitative estimate of drug-likeness (QED) is 0.474. The van der Waals surface area contributed by atoms with Gasteiger partial charge in [-0.25, -0.2) is 0 Å². The highest BCUT2D eigenvalue weighted by atomic mass is 79.9. The Balaban J connectivity index is 2.12. The summed E-state index contributed by atoms with van der Waals surface area (Å²) in [6.07, 6.45) is 2.20. The van der Waals surface area contributed by atoms with Gasteiger partial charge in [0.1, 0.15) is 11.6 Å². The first-order valence-corrected chi connectivity index (χ1v) is 7.43. The number of methoxy groups -OCH3 is 1. The Morgan fingerprint density at radius 2 is 2.23 bits per heavy atom. The topological polar surface area (TPSA) is 80.6 Å². The molecule has 0 aliphatic carbocycles. The van der Waals surface area contributed by atoms with Crippen LogP contribution in [0.4, 0.5) is 0 Å². The van der Waals surface area contributed by atoms with E-state index in [-0.39, 0.29) is 12.4 Å². The highest BCUT2D eigenvalue weighted by molar-refractivity contribution is 9.10. The van der Waals surface area contributed by atoms with Gasteiger partial charge in [-0.05, 0) is 30.2 Å². The molecule has 1 aromatic rings. The monoisotopic (exact) mass is 366 g/mol. The van der Waals surface area contributed by atoms with Gasteiger partial charge in [0.15, 0.2) is 11.5 Å². The number of hydrogen-bond donors (Lipinski definition) is 1. The third-order valence-corrected chi connectivity index (χ3v) is 3.65. The van der Waals surface area contributed by atoms with Crippen LogP contribution in [-0.2, 0) is 9.53 Å². The van der Waals surface area contributed by atoms with Gasteiger partial charge < -0.3 is 19.5 Å². The lowest BCUT2D eigenvalue weighted by atomic mass is 10.1. The fourth-order valence-corrected chi connectivity index (χ4v) is 2.30. The molecular weight excluding hydrogens is 352 g/mol. The first kappa shape index (κ1) is 16.3. The smallest absolute Gasteiger partial charge is 0.261 e. The summed E-state index contributed by atoms with van der Waals surface area (Å²) in [6.45, 7) is 1.17. The Labute approximate surface area is 136 Å². The molecule has 0 atom stereocenters. The number of hydrogen-bond acceptors (Lipinski definition) is 5. The fourth-order valence-electron chi connectivity index (χ4n) is 1.86. The van der Waals surface area contributed by atoms with E-state index in [0.717, 1.165) is 4.47 Å². The average Bonchev–Trinajstić information content (AvgIpc) is 2.95. The van der Waals surface area contributed by atoms with Crippen molar-refractivity contribution in [3.05, 3.63) is 27.7 Å². The van der Waals surface area contributed by atoms with Crippen LogP contribution in [0.25, 0.3) is 6.08 Å². The lowest BCUT2D eigenvalue weighted by Crippen LogP contribution is -2.26. The molecule has 1 heterocycles. The van der Waals surface area contributed by atoms with E-state index in [9.17, 15) is 4.79 Å². The molecule has 0 saturated heterocycles. The second-order valence-corrected chi connectivity index (χ2v) is 5.35. The van der Waals surface area contributed by atoms with Crippen LogP contribution in [0.15, 0.2) is 22.2 Å². The molecule has 1 aromatic carbocycles. The summed E-state index contributed by atoms with van der Waals surface area (Å²) < 4.78 is 16.2. The van der Waals surface area contributed by atoms with Gasteiger partial charge in [-0.3, -0.25) is 4.79 Å². The summed E-state index contributed by atoms with van der Waals surface area (Å²) >= 11 is 3.39. The molecule has 0 aromatic heterocycles. The number of carbonyl (C=O) groups is 1. The number of amides is 1.